The first-order valence-corrected chi connectivity index (χ1v) is 15.0. The Morgan fingerprint density at radius 2 is 1.06 bits per heavy atom. The molecule has 198 valence electrons. The van der Waals surface area contributed by atoms with E-state index in [4.69, 9.17) is 9.98 Å². The molecule has 0 saturated heterocycles. The molecule has 2 nitrogen and oxygen atoms in total. The Morgan fingerprint density at radius 1 is 0.500 bits per heavy atom. The summed E-state index contributed by atoms with van der Waals surface area (Å²) in [5.74, 6) is 0. The average molecular weight is 489 g/mol. The van der Waals surface area contributed by atoms with E-state index in [0.29, 0.717) is 0 Å². The van der Waals surface area contributed by atoms with E-state index in [1.165, 1.54) is 99.6 Å². The van der Waals surface area contributed by atoms with Crippen LogP contribution in [0.3, 0.4) is 0 Å². The van der Waals surface area contributed by atoms with Crippen LogP contribution >= 0.6 is 0 Å². The molecular weight excluding hydrogens is 436 g/mol. The zero-order valence-electron chi connectivity index (χ0n) is 23.8. The molecule has 0 atom stereocenters. The quantitative estimate of drug-likeness (QED) is 0.139. The number of nitrogens with zero attached hydrogens (tertiary/aromatic N) is 2. The van der Waals surface area contributed by atoms with Crippen LogP contribution in [0.5, 0.6) is 0 Å². The fourth-order valence-corrected chi connectivity index (χ4v) is 4.65. The van der Waals surface area contributed by atoms with Crippen molar-refractivity contribution in [1.82, 2.24) is 0 Å². The topological polar surface area (TPSA) is 24.7 Å². The molecule has 0 fully saturated rings. The smallest absolute Gasteiger partial charge is 0.0636 e. The van der Waals surface area contributed by atoms with Crippen LogP contribution in [0.15, 0.2) is 58.5 Å². The van der Waals surface area contributed by atoms with Gasteiger partial charge in [-0.25, -0.2) is 0 Å². The van der Waals surface area contributed by atoms with Gasteiger partial charge < -0.3 is 0 Å². The second-order valence-corrected chi connectivity index (χ2v) is 10.2. The molecule has 0 amide bonds. The van der Waals surface area contributed by atoms with Crippen LogP contribution in [-0.2, 0) is 12.8 Å². The van der Waals surface area contributed by atoms with E-state index in [1.54, 1.807) is 0 Å². The normalized spacial score (nSPS) is 12.3. The lowest BCUT2D eigenvalue weighted by atomic mass is 9.97. The fourth-order valence-electron chi connectivity index (χ4n) is 4.65. The molecule has 2 rings (SSSR count). The van der Waals surface area contributed by atoms with E-state index in [2.05, 4.69) is 76.2 Å². The van der Waals surface area contributed by atoms with Crippen molar-refractivity contribution in [3.05, 3.63) is 59.7 Å². The number of hydrogen-bond donors (Lipinski definition) is 0. The summed E-state index contributed by atoms with van der Waals surface area (Å²) in [5, 5.41) is 0. The van der Waals surface area contributed by atoms with Gasteiger partial charge in [0.25, 0.3) is 0 Å². The number of aryl methyl sites for hydroxylation is 2. The lowest BCUT2D eigenvalue weighted by Crippen LogP contribution is -2.14. The summed E-state index contributed by atoms with van der Waals surface area (Å²) < 4.78 is 0. The van der Waals surface area contributed by atoms with Crippen molar-refractivity contribution in [1.29, 1.82) is 0 Å². The van der Waals surface area contributed by atoms with E-state index in [9.17, 15) is 0 Å². The molecule has 0 aliphatic rings. The summed E-state index contributed by atoms with van der Waals surface area (Å²) in [6.45, 7) is 9.11. The fraction of sp³-hybridized carbons (Fsp3) is 0.588. The highest BCUT2D eigenvalue weighted by atomic mass is 14.8. The highest BCUT2D eigenvalue weighted by molar-refractivity contribution is 6.43. The summed E-state index contributed by atoms with van der Waals surface area (Å²) >= 11 is 0. The molecule has 0 aromatic heterocycles. The van der Waals surface area contributed by atoms with Crippen molar-refractivity contribution in [3.8, 4) is 0 Å². The highest BCUT2D eigenvalue weighted by Crippen LogP contribution is 2.24. The summed E-state index contributed by atoms with van der Waals surface area (Å²) in [6.07, 6.45) is 19.5. The molecule has 0 N–H and O–H groups in total. The average Bonchev–Trinajstić information content (AvgIpc) is 2.91. The SMILES string of the molecule is CCCCCCCCC(=Nc1ccc(CCCC)c(CCCC)c1)C(CCCC)=Nc1ccccc1. The van der Waals surface area contributed by atoms with Crippen molar-refractivity contribution in [2.45, 2.75) is 130 Å². The molecule has 0 saturated carbocycles. The van der Waals surface area contributed by atoms with Crippen LogP contribution in [0.4, 0.5) is 11.4 Å². The molecule has 0 aliphatic carbocycles. The van der Waals surface area contributed by atoms with Crippen LogP contribution in [0.1, 0.15) is 129 Å². The van der Waals surface area contributed by atoms with E-state index in [-0.39, 0.29) is 0 Å². The Hall–Kier alpha value is -2.22. The van der Waals surface area contributed by atoms with Gasteiger partial charge in [-0.05, 0) is 86.8 Å². The van der Waals surface area contributed by atoms with Crippen molar-refractivity contribution >= 4 is 22.8 Å². The molecule has 2 aromatic rings. The molecule has 36 heavy (non-hydrogen) atoms. The second kappa shape index (κ2) is 19.0. The van der Waals surface area contributed by atoms with Gasteiger partial charge >= 0.3 is 0 Å². The summed E-state index contributed by atoms with van der Waals surface area (Å²) in [6, 6.07) is 17.4. The Morgan fingerprint density at radius 3 is 1.72 bits per heavy atom. The van der Waals surface area contributed by atoms with Crippen LogP contribution in [0.25, 0.3) is 0 Å². The number of benzene rings is 2. The number of rotatable bonds is 19. The van der Waals surface area contributed by atoms with Crippen molar-refractivity contribution in [3.63, 3.8) is 0 Å². The number of aliphatic imine (C=N–C) groups is 2. The number of unbranched alkanes of at least 4 members (excludes halogenated alkanes) is 8. The van der Waals surface area contributed by atoms with Gasteiger partial charge in [-0.2, -0.15) is 0 Å². The molecule has 0 aliphatic heterocycles. The van der Waals surface area contributed by atoms with E-state index >= 15 is 0 Å². The lowest BCUT2D eigenvalue weighted by Gasteiger charge is -2.13. The van der Waals surface area contributed by atoms with Crippen LogP contribution in [-0.4, -0.2) is 11.4 Å². The first kappa shape index (κ1) is 30.0. The summed E-state index contributed by atoms with van der Waals surface area (Å²) in [5.41, 5.74) is 7.55. The first-order valence-electron chi connectivity index (χ1n) is 15.0. The highest BCUT2D eigenvalue weighted by Gasteiger charge is 2.12. The maximum absolute atomic E-state index is 5.32. The van der Waals surface area contributed by atoms with Gasteiger partial charge in [0.15, 0.2) is 0 Å². The predicted molar refractivity (Wildman–Crippen MR) is 162 cm³/mol. The lowest BCUT2D eigenvalue weighted by molar-refractivity contribution is 0.616. The maximum atomic E-state index is 5.32. The minimum absolute atomic E-state index is 0.997. The molecule has 2 heteroatoms. The van der Waals surface area contributed by atoms with Crippen LogP contribution in [0, 0.1) is 0 Å². The van der Waals surface area contributed by atoms with Gasteiger partial charge in [-0.3, -0.25) is 9.98 Å². The van der Waals surface area contributed by atoms with Gasteiger partial charge in [0, 0.05) is 0 Å². The Labute approximate surface area is 222 Å². The molecule has 0 heterocycles. The molecule has 0 unspecified atom stereocenters. The Balaban J connectivity index is 2.38. The third-order valence-electron chi connectivity index (χ3n) is 6.94. The molecule has 0 radical (unpaired) electrons. The minimum Gasteiger partial charge on any atom is -0.252 e. The van der Waals surface area contributed by atoms with Crippen LogP contribution in [0.2, 0.25) is 0 Å². The van der Waals surface area contributed by atoms with Gasteiger partial charge in [-0.1, -0.05) is 103 Å². The van der Waals surface area contributed by atoms with Crippen molar-refractivity contribution < 1.29 is 0 Å². The standard InChI is InChI=1S/C34H52N2/c1-5-9-13-14-15-19-25-34(33(24-12-8-4)35-31-22-17-16-18-23-31)36-32-27-26-29(20-10-6-2)30(28-32)21-11-7-3/h16-18,22-23,26-28H,5-15,19-21,24-25H2,1-4H3. The monoisotopic (exact) mass is 488 g/mol. The summed E-state index contributed by atoms with van der Waals surface area (Å²) in [7, 11) is 0. The maximum Gasteiger partial charge on any atom is 0.0636 e. The van der Waals surface area contributed by atoms with E-state index < -0.39 is 0 Å². The second-order valence-electron chi connectivity index (χ2n) is 10.2. The Kier molecular flexibility index (Phi) is 15.8. The third-order valence-corrected chi connectivity index (χ3v) is 6.94. The zero-order chi connectivity index (χ0) is 25.8. The summed E-state index contributed by atoms with van der Waals surface area (Å²) in [4.78, 5) is 10.5. The van der Waals surface area contributed by atoms with Crippen molar-refractivity contribution in [2.75, 3.05) is 0 Å². The van der Waals surface area contributed by atoms with E-state index in [0.717, 1.165) is 37.1 Å². The Bertz CT molecular complexity index is 895. The largest absolute Gasteiger partial charge is 0.252 e. The number of para-hydroxylation sites is 1. The van der Waals surface area contributed by atoms with Gasteiger partial charge in [0.2, 0.25) is 0 Å². The van der Waals surface area contributed by atoms with Crippen molar-refractivity contribution in [2.24, 2.45) is 9.98 Å². The molecular formula is C34H52N2. The third kappa shape index (κ3) is 11.7. The minimum atomic E-state index is 0.997. The molecule has 2 aromatic carbocycles. The predicted octanol–water partition coefficient (Wildman–Crippen LogP) is 11.2. The zero-order valence-corrected chi connectivity index (χ0v) is 23.8. The van der Waals surface area contributed by atoms with E-state index in [1.807, 2.05) is 0 Å². The first-order chi connectivity index (χ1) is 17.7. The number of hydrogen-bond acceptors (Lipinski definition) is 2. The van der Waals surface area contributed by atoms with Gasteiger partial charge in [0.1, 0.15) is 0 Å². The molecule has 0 bridgehead atoms. The molecule has 0 spiro atoms. The van der Waals surface area contributed by atoms with Gasteiger partial charge in [0.05, 0.1) is 22.8 Å². The van der Waals surface area contributed by atoms with Gasteiger partial charge in [-0.15, -0.1) is 0 Å². The van der Waals surface area contributed by atoms with Crippen LogP contribution < -0.4 is 0 Å².